The van der Waals surface area contributed by atoms with Crippen LogP contribution in [0.2, 0.25) is 0 Å². The van der Waals surface area contributed by atoms with Gasteiger partial charge in [-0.05, 0) is 12.1 Å². The summed E-state index contributed by atoms with van der Waals surface area (Å²) in [5.74, 6) is -3.98. The number of hydrogen-bond donors (Lipinski definition) is 4. The molecular weight excluding hydrogens is 232 g/mol. The van der Waals surface area contributed by atoms with Crippen molar-refractivity contribution in [1.82, 2.24) is 0 Å². The predicted octanol–water partition coefficient (Wildman–Crippen LogP) is 0.160. The number of ether oxygens (including phenoxy) is 1. The van der Waals surface area contributed by atoms with Gasteiger partial charge in [-0.15, -0.1) is 0 Å². The zero-order valence-corrected chi connectivity index (χ0v) is 8.58. The number of phenols is 1. The van der Waals surface area contributed by atoms with Gasteiger partial charge in [0.1, 0.15) is 23.5 Å². The largest absolute Gasteiger partial charge is 0.507 e. The van der Waals surface area contributed by atoms with Gasteiger partial charge in [0.15, 0.2) is 5.75 Å². The molecule has 0 saturated carbocycles. The summed E-state index contributed by atoms with van der Waals surface area (Å²) in [6.07, 6.45) is 0. The smallest absolute Gasteiger partial charge is 0.343 e. The van der Waals surface area contributed by atoms with Crippen LogP contribution in [-0.4, -0.2) is 45.6 Å². The first-order chi connectivity index (χ1) is 7.99. The van der Waals surface area contributed by atoms with Gasteiger partial charge < -0.3 is 25.2 Å². The van der Waals surface area contributed by atoms with Crippen LogP contribution in [0.25, 0.3) is 0 Å². The number of rotatable bonds is 5. The van der Waals surface area contributed by atoms with Crippen molar-refractivity contribution in [2.24, 2.45) is 0 Å². The van der Waals surface area contributed by atoms with Gasteiger partial charge in [-0.1, -0.05) is 0 Å². The van der Waals surface area contributed by atoms with E-state index >= 15 is 0 Å². The van der Waals surface area contributed by atoms with Gasteiger partial charge in [0, 0.05) is 0 Å². The number of carboxylic acid groups (broad SMARTS) is 2. The fraction of sp³-hybridized carbons (Fsp3) is 0.200. The molecule has 0 aromatic heterocycles. The minimum absolute atomic E-state index is 0.274. The molecule has 0 radical (unpaired) electrons. The van der Waals surface area contributed by atoms with Crippen molar-refractivity contribution in [3.8, 4) is 11.5 Å². The zero-order valence-electron chi connectivity index (χ0n) is 8.58. The fourth-order valence-electron chi connectivity index (χ4n) is 1.24. The molecule has 1 rings (SSSR count). The Morgan fingerprint density at radius 2 is 1.82 bits per heavy atom. The Morgan fingerprint density at radius 1 is 1.18 bits per heavy atom. The monoisotopic (exact) mass is 242 g/mol. The second-order valence-corrected chi connectivity index (χ2v) is 3.02. The predicted molar refractivity (Wildman–Crippen MR) is 54.6 cm³/mol. The fourth-order valence-corrected chi connectivity index (χ4v) is 1.24. The number of benzene rings is 1. The maximum atomic E-state index is 10.9. The lowest BCUT2D eigenvalue weighted by atomic mass is 10.1. The van der Waals surface area contributed by atoms with E-state index in [-0.39, 0.29) is 6.61 Å². The number of aromatic hydroxyl groups is 1. The van der Waals surface area contributed by atoms with E-state index in [0.717, 1.165) is 12.1 Å². The summed E-state index contributed by atoms with van der Waals surface area (Å²) in [6, 6.07) is 1.98. The summed E-state index contributed by atoms with van der Waals surface area (Å²) in [5.41, 5.74) is -1.04. The lowest BCUT2D eigenvalue weighted by molar-refractivity contribution is 0.0683. The Balaban J connectivity index is 3.38. The van der Waals surface area contributed by atoms with Crippen LogP contribution in [0.3, 0.4) is 0 Å². The summed E-state index contributed by atoms with van der Waals surface area (Å²) >= 11 is 0. The van der Waals surface area contributed by atoms with E-state index in [4.69, 9.17) is 20.1 Å². The number of aromatic carboxylic acids is 2. The highest BCUT2D eigenvalue weighted by Gasteiger charge is 2.23. The molecule has 0 aliphatic heterocycles. The Bertz CT molecular complexity index is 452. The third-order valence-corrected chi connectivity index (χ3v) is 1.92. The van der Waals surface area contributed by atoms with Gasteiger partial charge in [-0.3, -0.25) is 0 Å². The molecule has 4 N–H and O–H groups in total. The summed E-state index contributed by atoms with van der Waals surface area (Å²) in [4.78, 5) is 21.7. The molecule has 0 amide bonds. The molecule has 1 aromatic rings. The standard InChI is InChI=1S/C10H10O7/c11-3-4-17-8-5(9(13)14)1-2-6(12)7(8)10(15)16/h1-2,11-12H,3-4H2,(H,13,14)(H,15,16). The molecule has 0 bridgehead atoms. The van der Waals surface area contributed by atoms with Crippen LogP contribution in [0, 0.1) is 0 Å². The molecule has 92 valence electrons. The lowest BCUT2D eigenvalue weighted by Gasteiger charge is -2.12. The van der Waals surface area contributed by atoms with Crippen molar-refractivity contribution in [3.05, 3.63) is 23.3 Å². The molecule has 1 aromatic carbocycles. The van der Waals surface area contributed by atoms with Crippen molar-refractivity contribution in [2.75, 3.05) is 13.2 Å². The zero-order chi connectivity index (χ0) is 13.0. The van der Waals surface area contributed by atoms with Crippen LogP contribution in [0.5, 0.6) is 11.5 Å². The van der Waals surface area contributed by atoms with Gasteiger partial charge in [-0.2, -0.15) is 0 Å². The maximum absolute atomic E-state index is 10.9. The Hall–Kier alpha value is -2.28. The van der Waals surface area contributed by atoms with E-state index in [1.54, 1.807) is 0 Å². The molecule has 0 spiro atoms. The van der Waals surface area contributed by atoms with Gasteiger partial charge in [-0.25, -0.2) is 9.59 Å². The second kappa shape index (κ2) is 5.17. The first kappa shape index (κ1) is 12.8. The average molecular weight is 242 g/mol. The highest BCUT2D eigenvalue weighted by Crippen LogP contribution is 2.31. The molecular formula is C10H10O7. The van der Waals surface area contributed by atoms with Crippen molar-refractivity contribution in [1.29, 1.82) is 0 Å². The highest BCUT2D eigenvalue weighted by molar-refractivity contribution is 6.00. The molecule has 0 unspecified atom stereocenters. The number of aliphatic hydroxyl groups is 1. The number of hydrogen-bond acceptors (Lipinski definition) is 5. The molecule has 0 aliphatic carbocycles. The second-order valence-electron chi connectivity index (χ2n) is 3.02. The Labute approximate surface area is 95.5 Å². The van der Waals surface area contributed by atoms with Crippen molar-refractivity contribution >= 4 is 11.9 Å². The van der Waals surface area contributed by atoms with E-state index in [9.17, 15) is 14.7 Å². The molecule has 0 heterocycles. The van der Waals surface area contributed by atoms with Crippen LogP contribution in [0.1, 0.15) is 20.7 Å². The molecule has 0 saturated heterocycles. The van der Waals surface area contributed by atoms with Crippen LogP contribution < -0.4 is 4.74 Å². The van der Waals surface area contributed by atoms with E-state index in [1.807, 2.05) is 0 Å². The molecule has 7 heteroatoms. The summed E-state index contributed by atoms with van der Waals surface area (Å²) < 4.78 is 4.85. The van der Waals surface area contributed by atoms with Gasteiger partial charge >= 0.3 is 11.9 Å². The van der Waals surface area contributed by atoms with Gasteiger partial charge in [0.05, 0.1) is 6.61 Å². The third-order valence-electron chi connectivity index (χ3n) is 1.92. The van der Waals surface area contributed by atoms with Crippen LogP contribution in [-0.2, 0) is 0 Å². The number of carbonyl (C=O) groups is 2. The maximum Gasteiger partial charge on any atom is 0.343 e. The molecule has 0 atom stereocenters. The lowest BCUT2D eigenvalue weighted by Crippen LogP contribution is -2.12. The molecule has 0 fully saturated rings. The summed E-state index contributed by atoms with van der Waals surface area (Å²) in [7, 11) is 0. The number of aliphatic hydroxyl groups excluding tert-OH is 1. The van der Waals surface area contributed by atoms with E-state index in [0.29, 0.717) is 0 Å². The molecule has 17 heavy (non-hydrogen) atoms. The Kier molecular flexibility index (Phi) is 3.89. The number of carboxylic acids is 2. The molecule has 7 nitrogen and oxygen atoms in total. The van der Waals surface area contributed by atoms with Gasteiger partial charge in [0.2, 0.25) is 0 Å². The van der Waals surface area contributed by atoms with E-state index in [2.05, 4.69) is 0 Å². The van der Waals surface area contributed by atoms with Crippen LogP contribution >= 0.6 is 0 Å². The normalized spacial score (nSPS) is 9.94. The van der Waals surface area contributed by atoms with E-state index in [1.165, 1.54) is 0 Å². The minimum Gasteiger partial charge on any atom is -0.507 e. The first-order valence-corrected chi connectivity index (χ1v) is 4.55. The summed E-state index contributed by atoms with van der Waals surface area (Å²) in [5, 5.41) is 35.6. The average Bonchev–Trinajstić information content (AvgIpc) is 2.25. The van der Waals surface area contributed by atoms with Crippen molar-refractivity contribution < 1.29 is 34.8 Å². The first-order valence-electron chi connectivity index (χ1n) is 4.55. The van der Waals surface area contributed by atoms with Gasteiger partial charge in [0.25, 0.3) is 0 Å². The van der Waals surface area contributed by atoms with Crippen LogP contribution in [0.4, 0.5) is 0 Å². The van der Waals surface area contributed by atoms with Crippen LogP contribution in [0.15, 0.2) is 12.1 Å². The minimum atomic E-state index is -1.52. The summed E-state index contributed by atoms with van der Waals surface area (Å²) in [6.45, 7) is -0.683. The highest BCUT2D eigenvalue weighted by atomic mass is 16.5. The SMILES string of the molecule is O=C(O)c1ccc(O)c(C(=O)O)c1OCCO. The van der Waals surface area contributed by atoms with E-state index < -0.39 is 41.2 Å². The Morgan fingerprint density at radius 3 is 2.29 bits per heavy atom. The third kappa shape index (κ3) is 2.64. The van der Waals surface area contributed by atoms with Crippen molar-refractivity contribution in [3.63, 3.8) is 0 Å². The van der Waals surface area contributed by atoms with Crippen molar-refractivity contribution in [2.45, 2.75) is 0 Å². The quantitative estimate of drug-likeness (QED) is 0.579. The molecule has 0 aliphatic rings. The topological polar surface area (TPSA) is 124 Å².